The molecule has 2 aromatic carbocycles. The van der Waals surface area contributed by atoms with Crippen molar-refractivity contribution in [2.24, 2.45) is 0 Å². The number of benzene rings is 2. The first-order valence-corrected chi connectivity index (χ1v) is 10.2. The Labute approximate surface area is 189 Å². The van der Waals surface area contributed by atoms with Crippen LogP contribution in [0.3, 0.4) is 0 Å². The summed E-state index contributed by atoms with van der Waals surface area (Å²) in [6, 6.07) is 7.33. The summed E-state index contributed by atoms with van der Waals surface area (Å²) in [5.74, 6) is 0.166. The summed E-state index contributed by atoms with van der Waals surface area (Å²) < 4.78 is 20.8. The van der Waals surface area contributed by atoms with Gasteiger partial charge in [-0.05, 0) is 36.0 Å². The number of amides is 3. The van der Waals surface area contributed by atoms with Crippen molar-refractivity contribution in [2.45, 2.75) is 0 Å². The van der Waals surface area contributed by atoms with E-state index < -0.39 is 28.5 Å². The molecule has 1 N–H and O–H groups in total. The number of carbonyl (C=O) groups is 3. The van der Waals surface area contributed by atoms with Crippen LogP contribution in [0, 0.1) is 10.1 Å². The lowest BCUT2D eigenvalue weighted by atomic mass is 10.1. The smallest absolute Gasteiger partial charge is 0.294 e. The number of rotatable bonds is 5. The maximum Gasteiger partial charge on any atom is 0.294 e. The van der Waals surface area contributed by atoms with Crippen molar-refractivity contribution < 1.29 is 38.3 Å². The van der Waals surface area contributed by atoms with E-state index in [0.717, 1.165) is 4.90 Å². The van der Waals surface area contributed by atoms with E-state index in [4.69, 9.17) is 18.9 Å². The molecule has 0 spiro atoms. The maximum absolute atomic E-state index is 12.8. The van der Waals surface area contributed by atoms with E-state index in [1.54, 1.807) is 18.2 Å². The zero-order chi connectivity index (χ0) is 23.1. The van der Waals surface area contributed by atoms with Crippen LogP contribution in [-0.2, 0) is 9.59 Å². The molecule has 0 unspecified atom stereocenters. The second-order valence-electron chi connectivity index (χ2n) is 6.91. The molecule has 1 fully saturated rings. The van der Waals surface area contributed by atoms with Crippen molar-refractivity contribution in [3.8, 4) is 23.0 Å². The Bertz CT molecular complexity index is 1260. The van der Waals surface area contributed by atoms with Crippen LogP contribution in [0.5, 0.6) is 23.0 Å². The van der Waals surface area contributed by atoms with Gasteiger partial charge in [0.2, 0.25) is 19.5 Å². The number of nitro benzene ring substituents is 1. The number of thioether (sulfide) groups is 1. The third-order valence-electron chi connectivity index (χ3n) is 4.84. The van der Waals surface area contributed by atoms with Gasteiger partial charge in [-0.1, -0.05) is 0 Å². The number of carbonyl (C=O) groups excluding carboxylic acids is 3. The van der Waals surface area contributed by atoms with Crippen LogP contribution in [0.1, 0.15) is 5.56 Å². The van der Waals surface area contributed by atoms with Crippen LogP contribution in [0.25, 0.3) is 6.08 Å². The van der Waals surface area contributed by atoms with Crippen LogP contribution < -0.4 is 24.3 Å². The summed E-state index contributed by atoms with van der Waals surface area (Å²) in [5.41, 5.74) is 0.161. The highest BCUT2D eigenvalue weighted by molar-refractivity contribution is 8.18. The molecule has 168 valence electrons. The number of anilines is 1. The van der Waals surface area contributed by atoms with Crippen LogP contribution in [0.2, 0.25) is 0 Å². The standard InChI is InChI=1S/C20H13N3O9S/c24-18(21-11-1-2-13-15(5-11)31-8-29-13)7-22-19(25)17(33-20(22)26)4-10-3-14-16(32-9-30-14)6-12(10)23(27)28/h1-6H,7-9H2,(H,21,24)/b17-4-. The molecule has 0 aliphatic carbocycles. The van der Waals surface area contributed by atoms with Crippen molar-refractivity contribution >= 4 is 46.3 Å². The molecule has 0 saturated carbocycles. The van der Waals surface area contributed by atoms with Gasteiger partial charge in [-0.25, -0.2) is 0 Å². The highest BCUT2D eigenvalue weighted by Crippen LogP contribution is 2.41. The van der Waals surface area contributed by atoms with Crippen LogP contribution in [0.4, 0.5) is 16.2 Å². The van der Waals surface area contributed by atoms with Gasteiger partial charge in [0, 0.05) is 11.8 Å². The minimum absolute atomic E-state index is 0.0576. The molecule has 3 heterocycles. The van der Waals surface area contributed by atoms with E-state index in [2.05, 4.69) is 5.32 Å². The van der Waals surface area contributed by atoms with Gasteiger partial charge in [0.15, 0.2) is 23.0 Å². The van der Waals surface area contributed by atoms with E-state index in [1.807, 2.05) is 0 Å². The van der Waals surface area contributed by atoms with Gasteiger partial charge in [0.05, 0.1) is 21.5 Å². The summed E-state index contributed by atoms with van der Waals surface area (Å²) in [5, 5.41) is 13.4. The summed E-state index contributed by atoms with van der Waals surface area (Å²) in [7, 11) is 0. The Morgan fingerprint density at radius 1 is 1.06 bits per heavy atom. The second kappa shape index (κ2) is 8.02. The predicted molar refractivity (Wildman–Crippen MR) is 113 cm³/mol. The van der Waals surface area contributed by atoms with E-state index in [1.165, 1.54) is 18.2 Å². The number of nitrogens with zero attached hydrogens (tertiary/aromatic N) is 2. The lowest BCUT2D eigenvalue weighted by molar-refractivity contribution is -0.385. The number of nitrogens with one attached hydrogen (secondary N) is 1. The van der Waals surface area contributed by atoms with Crippen LogP contribution >= 0.6 is 11.8 Å². The van der Waals surface area contributed by atoms with E-state index in [-0.39, 0.29) is 41.2 Å². The van der Waals surface area contributed by atoms with E-state index >= 15 is 0 Å². The van der Waals surface area contributed by atoms with Gasteiger partial charge in [0.25, 0.3) is 16.8 Å². The summed E-state index contributed by atoms with van der Waals surface area (Å²) in [6.07, 6.45) is 1.22. The van der Waals surface area contributed by atoms with E-state index in [9.17, 15) is 24.5 Å². The van der Waals surface area contributed by atoms with Crippen LogP contribution in [-0.4, -0.2) is 47.0 Å². The number of hydrogen-bond donors (Lipinski definition) is 1. The molecule has 3 aliphatic rings. The van der Waals surface area contributed by atoms with Crippen molar-refractivity contribution in [1.82, 2.24) is 4.90 Å². The lowest BCUT2D eigenvalue weighted by Gasteiger charge is -2.12. The normalized spacial score (nSPS) is 17.1. The Hall–Kier alpha value is -4.26. The number of hydrogen-bond acceptors (Lipinski definition) is 10. The quantitative estimate of drug-likeness (QED) is 0.392. The molecule has 2 aromatic rings. The monoisotopic (exact) mass is 471 g/mol. The largest absolute Gasteiger partial charge is 0.454 e. The highest BCUT2D eigenvalue weighted by atomic mass is 32.2. The molecule has 3 aliphatic heterocycles. The SMILES string of the molecule is O=C(CN1C(=O)S/C(=C\c2cc3c(cc2[N+](=O)[O-])OCO3)C1=O)Nc1ccc2c(c1)OCO2. The van der Waals surface area contributed by atoms with Crippen molar-refractivity contribution in [1.29, 1.82) is 0 Å². The average molecular weight is 471 g/mol. The van der Waals surface area contributed by atoms with Gasteiger partial charge in [-0.3, -0.25) is 29.4 Å². The maximum atomic E-state index is 12.8. The summed E-state index contributed by atoms with van der Waals surface area (Å²) in [4.78, 5) is 49.0. The van der Waals surface area contributed by atoms with E-state index in [0.29, 0.717) is 28.9 Å². The Morgan fingerprint density at radius 3 is 2.45 bits per heavy atom. The Morgan fingerprint density at radius 2 is 1.73 bits per heavy atom. The van der Waals surface area contributed by atoms with Gasteiger partial charge in [0.1, 0.15) is 6.54 Å². The lowest BCUT2D eigenvalue weighted by Crippen LogP contribution is -2.36. The average Bonchev–Trinajstić information content (AvgIpc) is 3.49. The van der Waals surface area contributed by atoms with Gasteiger partial charge in [-0.15, -0.1) is 0 Å². The molecule has 12 nitrogen and oxygen atoms in total. The zero-order valence-electron chi connectivity index (χ0n) is 16.6. The summed E-state index contributed by atoms with van der Waals surface area (Å²) in [6.45, 7) is -0.526. The molecular weight excluding hydrogens is 458 g/mol. The molecule has 13 heteroatoms. The predicted octanol–water partition coefficient (Wildman–Crippen LogP) is 2.73. The molecule has 0 bridgehead atoms. The van der Waals surface area contributed by atoms with Crippen molar-refractivity contribution in [3.05, 3.63) is 50.9 Å². The first kappa shape index (κ1) is 20.6. The molecule has 0 aromatic heterocycles. The summed E-state index contributed by atoms with van der Waals surface area (Å²) >= 11 is 0.582. The Balaban J connectivity index is 1.33. The molecule has 1 saturated heterocycles. The number of fused-ring (bicyclic) bond motifs is 2. The topological polar surface area (TPSA) is 147 Å². The van der Waals surface area contributed by atoms with Crippen molar-refractivity contribution in [2.75, 3.05) is 25.4 Å². The number of imide groups is 1. The molecule has 5 rings (SSSR count). The van der Waals surface area contributed by atoms with Gasteiger partial charge < -0.3 is 24.3 Å². The fraction of sp³-hybridized carbons (Fsp3) is 0.150. The fourth-order valence-electron chi connectivity index (χ4n) is 3.32. The second-order valence-corrected chi connectivity index (χ2v) is 7.90. The number of ether oxygens (including phenoxy) is 4. The third-order valence-corrected chi connectivity index (χ3v) is 5.74. The molecule has 33 heavy (non-hydrogen) atoms. The van der Waals surface area contributed by atoms with Crippen LogP contribution in [0.15, 0.2) is 35.2 Å². The molecule has 0 radical (unpaired) electrons. The Kier molecular flexibility index (Phi) is 5.01. The highest BCUT2D eigenvalue weighted by Gasteiger charge is 2.37. The first-order chi connectivity index (χ1) is 15.9. The van der Waals surface area contributed by atoms with Crippen molar-refractivity contribution in [3.63, 3.8) is 0 Å². The minimum atomic E-state index is -0.738. The molecular formula is C20H13N3O9S. The first-order valence-electron chi connectivity index (χ1n) is 9.42. The third kappa shape index (κ3) is 3.89. The molecule has 3 amide bonds. The zero-order valence-corrected chi connectivity index (χ0v) is 17.4. The number of nitro groups is 1. The molecule has 0 atom stereocenters. The minimum Gasteiger partial charge on any atom is -0.454 e. The van der Waals surface area contributed by atoms with Gasteiger partial charge >= 0.3 is 0 Å². The fourth-order valence-corrected chi connectivity index (χ4v) is 4.15. The van der Waals surface area contributed by atoms with Gasteiger partial charge in [-0.2, -0.15) is 0 Å².